The van der Waals surface area contributed by atoms with E-state index >= 15 is 0 Å². The molecule has 114 valence electrons. The van der Waals surface area contributed by atoms with Crippen LogP contribution in [0.5, 0.6) is 0 Å². The number of carboxylic acids is 1. The highest BCUT2D eigenvalue weighted by molar-refractivity contribution is 5.80. The van der Waals surface area contributed by atoms with Crippen molar-refractivity contribution in [2.24, 2.45) is 0 Å². The maximum absolute atomic E-state index is 12.5. The fourth-order valence-electron chi connectivity index (χ4n) is 2.60. The summed E-state index contributed by atoms with van der Waals surface area (Å²) in [6.07, 6.45) is 0. The Morgan fingerprint density at radius 2 is 1.95 bits per heavy atom. The average Bonchev–Trinajstić information content (AvgIpc) is 2.46. The first-order chi connectivity index (χ1) is 9.99. The van der Waals surface area contributed by atoms with E-state index in [1.165, 1.54) is 11.9 Å². The number of urea groups is 1. The molecule has 1 heterocycles. The van der Waals surface area contributed by atoms with Gasteiger partial charge in [-0.05, 0) is 12.6 Å². The molecule has 0 aliphatic carbocycles. The summed E-state index contributed by atoms with van der Waals surface area (Å²) in [5, 5.41) is 8.84. The van der Waals surface area contributed by atoms with E-state index < -0.39 is 5.97 Å². The first kappa shape index (κ1) is 15.3. The topological polar surface area (TPSA) is 64.1 Å². The first-order valence-electron chi connectivity index (χ1n) is 6.96. The number of carboxylic acid groups (broad SMARTS) is 1. The molecule has 1 unspecified atom stereocenters. The van der Waals surface area contributed by atoms with Crippen molar-refractivity contribution in [3.05, 3.63) is 35.9 Å². The number of rotatable bonds is 3. The van der Waals surface area contributed by atoms with E-state index in [4.69, 9.17) is 5.11 Å². The molecule has 1 aromatic rings. The molecule has 1 atom stereocenters. The number of nitrogens with zero attached hydrogens (tertiary/aromatic N) is 3. The summed E-state index contributed by atoms with van der Waals surface area (Å²) < 4.78 is 0. The van der Waals surface area contributed by atoms with Gasteiger partial charge < -0.3 is 19.8 Å². The second-order valence-electron chi connectivity index (χ2n) is 5.41. The number of hydrogen-bond acceptors (Lipinski definition) is 3. The minimum atomic E-state index is -1.00. The minimum absolute atomic E-state index is 0.0475. The van der Waals surface area contributed by atoms with E-state index in [-0.39, 0.29) is 18.6 Å². The molecule has 0 aromatic heterocycles. The molecule has 2 amide bonds. The molecule has 1 aliphatic rings. The van der Waals surface area contributed by atoms with Gasteiger partial charge in [-0.15, -0.1) is 0 Å². The maximum Gasteiger partial charge on any atom is 0.323 e. The Kier molecular flexibility index (Phi) is 4.80. The number of likely N-dealkylation sites (N-methyl/N-ethyl adjacent to an activating group) is 2. The van der Waals surface area contributed by atoms with Gasteiger partial charge in [0.05, 0.1) is 6.04 Å². The predicted octanol–water partition coefficient (Wildman–Crippen LogP) is 1.11. The van der Waals surface area contributed by atoms with Crippen LogP contribution in [-0.4, -0.2) is 72.1 Å². The van der Waals surface area contributed by atoms with E-state index in [0.29, 0.717) is 6.54 Å². The van der Waals surface area contributed by atoms with E-state index in [2.05, 4.69) is 4.90 Å². The Morgan fingerprint density at radius 3 is 2.57 bits per heavy atom. The van der Waals surface area contributed by atoms with Crippen molar-refractivity contribution < 1.29 is 14.7 Å². The zero-order valence-electron chi connectivity index (χ0n) is 12.4. The maximum atomic E-state index is 12.5. The SMILES string of the molecule is CN1CCN(C(=O)N(C)CC(=O)O)C(c2ccccc2)C1. The van der Waals surface area contributed by atoms with Gasteiger partial charge in [-0.3, -0.25) is 4.79 Å². The van der Waals surface area contributed by atoms with Crippen LogP contribution in [0.1, 0.15) is 11.6 Å². The second-order valence-corrected chi connectivity index (χ2v) is 5.41. The van der Waals surface area contributed by atoms with Gasteiger partial charge in [-0.2, -0.15) is 0 Å². The van der Waals surface area contributed by atoms with Crippen LogP contribution >= 0.6 is 0 Å². The van der Waals surface area contributed by atoms with Crippen LogP contribution < -0.4 is 0 Å². The molecular weight excluding hydrogens is 270 g/mol. The molecule has 0 spiro atoms. The summed E-state index contributed by atoms with van der Waals surface area (Å²) in [5.74, 6) is -1.00. The number of benzene rings is 1. The van der Waals surface area contributed by atoms with Gasteiger partial charge in [0.2, 0.25) is 0 Å². The number of carbonyl (C=O) groups excluding carboxylic acids is 1. The summed E-state index contributed by atoms with van der Waals surface area (Å²) in [6, 6.07) is 9.57. The molecule has 0 saturated carbocycles. The zero-order chi connectivity index (χ0) is 15.4. The zero-order valence-corrected chi connectivity index (χ0v) is 12.4. The number of carbonyl (C=O) groups is 2. The quantitative estimate of drug-likeness (QED) is 0.906. The molecule has 0 radical (unpaired) electrons. The fraction of sp³-hybridized carbons (Fsp3) is 0.467. The molecule has 2 rings (SSSR count). The van der Waals surface area contributed by atoms with Crippen molar-refractivity contribution in [3.8, 4) is 0 Å². The highest BCUT2D eigenvalue weighted by Gasteiger charge is 2.32. The van der Waals surface area contributed by atoms with E-state index in [1.807, 2.05) is 37.4 Å². The lowest BCUT2D eigenvalue weighted by Crippen LogP contribution is -2.53. The van der Waals surface area contributed by atoms with Crippen LogP contribution in [0.25, 0.3) is 0 Å². The monoisotopic (exact) mass is 291 g/mol. The first-order valence-corrected chi connectivity index (χ1v) is 6.96. The molecule has 1 saturated heterocycles. The number of aliphatic carboxylic acids is 1. The molecule has 1 aromatic carbocycles. The Hall–Kier alpha value is -2.08. The van der Waals surface area contributed by atoms with Crippen LogP contribution in [0, 0.1) is 0 Å². The third kappa shape index (κ3) is 3.72. The lowest BCUT2D eigenvalue weighted by Gasteiger charge is -2.41. The largest absolute Gasteiger partial charge is 0.480 e. The smallest absolute Gasteiger partial charge is 0.323 e. The third-order valence-electron chi connectivity index (χ3n) is 3.71. The van der Waals surface area contributed by atoms with E-state index in [1.54, 1.807) is 4.90 Å². The number of amides is 2. The standard InChI is InChI=1S/C15H21N3O3/c1-16-8-9-18(15(21)17(2)11-14(19)20)13(10-16)12-6-4-3-5-7-12/h3-7,13H,8-11H2,1-2H3,(H,19,20). The highest BCUT2D eigenvalue weighted by atomic mass is 16.4. The summed E-state index contributed by atoms with van der Waals surface area (Å²) >= 11 is 0. The van der Waals surface area contributed by atoms with Crippen molar-refractivity contribution >= 4 is 12.0 Å². The number of hydrogen-bond donors (Lipinski definition) is 1. The molecule has 0 bridgehead atoms. The molecule has 6 heteroatoms. The summed E-state index contributed by atoms with van der Waals surface area (Å²) in [7, 11) is 3.55. The van der Waals surface area contributed by atoms with Gasteiger partial charge in [0, 0.05) is 26.7 Å². The van der Waals surface area contributed by atoms with E-state index in [0.717, 1.165) is 18.7 Å². The molecule has 21 heavy (non-hydrogen) atoms. The van der Waals surface area contributed by atoms with Crippen LogP contribution in [0.2, 0.25) is 0 Å². The van der Waals surface area contributed by atoms with Gasteiger partial charge in [-0.1, -0.05) is 30.3 Å². The fourth-order valence-corrected chi connectivity index (χ4v) is 2.60. The van der Waals surface area contributed by atoms with Crippen LogP contribution in [0.4, 0.5) is 4.79 Å². The summed E-state index contributed by atoms with van der Waals surface area (Å²) in [5.41, 5.74) is 1.07. The van der Waals surface area contributed by atoms with Gasteiger partial charge in [-0.25, -0.2) is 4.79 Å². The Morgan fingerprint density at radius 1 is 1.29 bits per heavy atom. The van der Waals surface area contributed by atoms with Gasteiger partial charge in [0.15, 0.2) is 0 Å². The summed E-state index contributed by atoms with van der Waals surface area (Å²) in [4.78, 5) is 28.5. The van der Waals surface area contributed by atoms with Crippen molar-refractivity contribution in [2.45, 2.75) is 6.04 Å². The lowest BCUT2D eigenvalue weighted by atomic mass is 10.0. The normalized spacial score (nSPS) is 19.3. The second kappa shape index (κ2) is 6.58. The van der Waals surface area contributed by atoms with Gasteiger partial charge in [0.25, 0.3) is 0 Å². The van der Waals surface area contributed by atoms with E-state index in [9.17, 15) is 9.59 Å². The van der Waals surface area contributed by atoms with Crippen LogP contribution in [0.15, 0.2) is 30.3 Å². The Balaban J connectivity index is 2.19. The number of piperazine rings is 1. The van der Waals surface area contributed by atoms with Crippen molar-refractivity contribution in [1.82, 2.24) is 14.7 Å². The van der Waals surface area contributed by atoms with Crippen molar-refractivity contribution in [1.29, 1.82) is 0 Å². The molecule has 1 aliphatic heterocycles. The van der Waals surface area contributed by atoms with Crippen LogP contribution in [-0.2, 0) is 4.79 Å². The highest BCUT2D eigenvalue weighted by Crippen LogP contribution is 2.25. The average molecular weight is 291 g/mol. The van der Waals surface area contributed by atoms with Crippen molar-refractivity contribution in [2.75, 3.05) is 40.3 Å². The molecule has 1 N–H and O–H groups in total. The molecule has 6 nitrogen and oxygen atoms in total. The van der Waals surface area contributed by atoms with Gasteiger partial charge in [0.1, 0.15) is 6.54 Å². The lowest BCUT2D eigenvalue weighted by molar-refractivity contribution is -0.137. The van der Waals surface area contributed by atoms with Crippen LogP contribution in [0.3, 0.4) is 0 Å². The third-order valence-corrected chi connectivity index (χ3v) is 3.71. The molecule has 1 fully saturated rings. The van der Waals surface area contributed by atoms with Gasteiger partial charge >= 0.3 is 12.0 Å². The van der Waals surface area contributed by atoms with Crippen molar-refractivity contribution in [3.63, 3.8) is 0 Å². The minimum Gasteiger partial charge on any atom is -0.480 e. The summed E-state index contributed by atoms with van der Waals surface area (Å²) in [6.45, 7) is 1.85. The predicted molar refractivity (Wildman–Crippen MR) is 79.0 cm³/mol. The Labute approximate surface area is 124 Å². The molecular formula is C15H21N3O3. The Bertz CT molecular complexity index is 506.